The summed E-state index contributed by atoms with van der Waals surface area (Å²) in [6.07, 6.45) is 1.84. The van der Waals surface area contributed by atoms with Crippen LogP contribution in [-0.2, 0) is 12.8 Å². The van der Waals surface area contributed by atoms with Gasteiger partial charge in [0.2, 0.25) is 0 Å². The molecule has 0 saturated heterocycles. The summed E-state index contributed by atoms with van der Waals surface area (Å²) in [6.45, 7) is 1.57. The topological polar surface area (TPSA) is 41.5 Å². The molecule has 1 unspecified atom stereocenters. The number of phenolic OH excluding ortho intramolecular Hbond substituents is 1. The lowest BCUT2D eigenvalue weighted by Gasteiger charge is -2.27. The molecule has 0 amide bonds. The standard InChI is InChI=1S/C23H23NO2/c25-20-9-10-22-18(15-20)11-13-24-23(22)19-7-4-8-21(16-19)26-14-12-17-5-2-1-3-6-17/h1-10,15-16,23-25H,11-14H2. The highest BCUT2D eigenvalue weighted by Gasteiger charge is 2.21. The summed E-state index contributed by atoms with van der Waals surface area (Å²) in [5.74, 6) is 1.23. The molecule has 0 fully saturated rings. The normalized spacial score (nSPS) is 16.1. The van der Waals surface area contributed by atoms with E-state index in [1.54, 1.807) is 6.07 Å². The zero-order valence-electron chi connectivity index (χ0n) is 14.7. The molecule has 1 aliphatic heterocycles. The zero-order chi connectivity index (χ0) is 17.8. The van der Waals surface area contributed by atoms with Crippen molar-refractivity contribution in [3.8, 4) is 11.5 Å². The molecular weight excluding hydrogens is 322 g/mol. The van der Waals surface area contributed by atoms with E-state index in [9.17, 15) is 5.11 Å². The number of hydrogen-bond acceptors (Lipinski definition) is 3. The first-order valence-corrected chi connectivity index (χ1v) is 9.11. The van der Waals surface area contributed by atoms with Crippen LogP contribution in [0.5, 0.6) is 11.5 Å². The average molecular weight is 345 g/mol. The van der Waals surface area contributed by atoms with Crippen molar-refractivity contribution in [2.45, 2.75) is 18.9 Å². The number of rotatable bonds is 5. The Bertz CT molecular complexity index is 876. The molecule has 26 heavy (non-hydrogen) atoms. The van der Waals surface area contributed by atoms with Gasteiger partial charge in [-0.2, -0.15) is 0 Å². The summed E-state index contributed by atoms with van der Waals surface area (Å²) in [4.78, 5) is 0. The molecule has 3 nitrogen and oxygen atoms in total. The van der Waals surface area contributed by atoms with Crippen LogP contribution in [0.25, 0.3) is 0 Å². The summed E-state index contributed by atoms with van der Waals surface area (Å²) < 4.78 is 5.98. The molecule has 3 heteroatoms. The van der Waals surface area contributed by atoms with Gasteiger partial charge in [-0.3, -0.25) is 0 Å². The number of nitrogens with one attached hydrogen (secondary N) is 1. The molecule has 0 aromatic heterocycles. The van der Waals surface area contributed by atoms with Crippen molar-refractivity contribution < 1.29 is 9.84 Å². The van der Waals surface area contributed by atoms with Crippen LogP contribution >= 0.6 is 0 Å². The summed E-state index contributed by atoms with van der Waals surface area (Å²) in [6, 6.07) is 24.5. The largest absolute Gasteiger partial charge is 0.508 e. The second kappa shape index (κ2) is 7.63. The van der Waals surface area contributed by atoms with E-state index in [4.69, 9.17) is 4.74 Å². The van der Waals surface area contributed by atoms with Gasteiger partial charge in [-0.1, -0.05) is 48.5 Å². The Morgan fingerprint density at radius 3 is 2.73 bits per heavy atom. The van der Waals surface area contributed by atoms with Gasteiger partial charge in [-0.25, -0.2) is 0 Å². The predicted octanol–water partition coefficient (Wildman–Crippen LogP) is 4.25. The van der Waals surface area contributed by atoms with Crippen molar-refractivity contribution in [1.82, 2.24) is 5.32 Å². The first-order valence-electron chi connectivity index (χ1n) is 9.11. The number of phenols is 1. The van der Waals surface area contributed by atoms with Crippen molar-refractivity contribution in [2.75, 3.05) is 13.2 Å². The smallest absolute Gasteiger partial charge is 0.119 e. The minimum Gasteiger partial charge on any atom is -0.508 e. The maximum atomic E-state index is 9.74. The van der Waals surface area contributed by atoms with E-state index in [-0.39, 0.29) is 6.04 Å². The molecule has 132 valence electrons. The lowest BCUT2D eigenvalue weighted by atomic mass is 9.89. The van der Waals surface area contributed by atoms with Crippen molar-refractivity contribution >= 4 is 0 Å². The molecule has 3 aromatic rings. The Balaban J connectivity index is 1.48. The lowest BCUT2D eigenvalue weighted by Crippen LogP contribution is -2.30. The van der Waals surface area contributed by atoms with E-state index in [1.165, 1.54) is 22.3 Å². The molecule has 0 saturated carbocycles. The Morgan fingerprint density at radius 2 is 1.85 bits per heavy atom. The maximum absolute atomic E-state index is 9.74. The Hall–Kier alpha value is -2.78. The minimum atomic E-state index is 0.136. The monoisotopic (exact) mass is 345 g/mol. The number of benzene rings is 3. The van der Waals surface area contributed by atoms with Crippen molar-refractivity contribution in [2.24, 2.45) is 0 Å². The van der Waals surface area contributed by atoms with Crippen LogP contribution in [0.4, 0.5) is 0 Å². The number of hydrogen-bond donors (Lipinski definition) is 2. The molecule has 4 rings (SSSR count). The SMILES string of the molecule is Oc1ccc2c(c1)CCNC2c1cccc(OCCc2ccccc2)c1. The van der Waals surface area contributed by atoms with Gasteiger partial charge in [0.1, 0.15) is 11.5 Å². The van der Waals surface area contributed by atoms with Gasteiger partial charge in [0, 0.05) is 13.0 Å². The third kappa shape index (κ3) is 3.73. The van der Waals surface area contributed by atoms with Crippen LogP contribution in [0.1, 0.15) is 28.3 Å². The fourth-order valence-corrected chi connectivity index (χ4v) is 3.56. The van der Waals surface area contributed by atoms with Crippen molar-refractivity contribution in [3.05, 3.63) is 95.1 Å². The molecule has 2 N–H and O–H groups in total. The number of aromatic hydroxyl groups is 1. The fraction of sp³-hybridized carbons (Fsp3) is 0.217. The molecular formula is C23H23NO2. The van der Waals surface area contributed by atoms with E-state index in [2.05, 4.69) is 41.7 Å². The molecule has 1 atom stereocenters. The van der Waals surface area contributed by atoms with Gasteiger partial charge < -0.3 is 15.2 Å². The highest BCUT2D eigenvalue weighted by Crippen LogP contribution is 2.32. The number of ether oxygens (including phenoxy) is 1. The van der Waals surface area contributed by atoms with Crippen LogP contribution in [0.2, 0.25) is 0 Å². The molecule has 3 aromatic carbocycles. The van der Waals surface area contributed by atoms with E-state index in [0.717, 1.165) is 25.1 Å². The van der Waals surface area contributed by atoms with Crippen LogP contribution in [-0.4, -0.2) is 18.3 Å². The highest BCUT2D eigenvalue weighted by molar-refractivity contribution is 5.44. The zero-order valence-corrected chi connectivity index (χ0v) is 14.7. The van der Waals surface area contributed by atoms with Gasteiger partial charge in [0.05, 0.1) is 12.6 Å². The molecule has 0 aliphatic carbocycles. The molecule has 1 aliphatic rings. The Labute approximate surface area is 154 Å². The van der Waals surface area contributed by atoms with Crippen LogP contribution in [0.15, 0.2) is 72.8 Å². The highest BCUT2D eigenvalue weighted by atomic mass is 16.5. The summed E-state index contributed by atoms with van der Waals surface area (Å²) in [5.41, 5.74) is 4.92. The third-order valence-electron chi connectivity index (χ3n) is 4.87. The van der Waals surface area contributed by atoms with Gasteiger partial charge in [0.15, 0.2) is 0 Å². The first kappa shape index (κ1) is 16.7. The summed E-state index contributed by atoms with van der Waals surface area (Å²) >= 11 is 0. The number of fused-ring (bicyclic) bond motifs is 1. The second-order valence-corrected chi connectivity index (χ2v) is 6.68. The van der Waals surface area contributed by atoms with E-state index >= 15 is 0 Å². The fourth-order valence-electron chi connectivity index (χ4n) is 3.56. The minimum absolute atomic E-state index is 0.136. The molecule has 1 heterocycles. The van der Waals surface area contributed by atoms with Crippen LogP contribution in [0, 0.1) is 0 Å². The predicted molar refractivity (Wildman–Crippen MR) is 104 cm³/mol. The molecule has 0 radical (unpaired) electrons. The molecule has 0 spiro atoms. The van der Waals surface area contributed by atoms with Crippen molar-refractivity contribution in [1.29, 1.82) is 0 Å². The van der Waals surface area contributed by atoms with Crippen LogP contribution in [0.3, 0.4) is 0 Å². The molecule has 0 bridgehead atoms. The average Bonchev–Trinajstić information content (AvgIpc) is 2.68. The van der Waals surface area contributed by atoms with Gasteiger partial charge in [-0.15, -0.1) is 0 Å². The first-order chi connectivity index (χ1) is 12.8. The second-order valence-electron chi connectivity index (χ2n) is 6.68. The quantitative estimate of drug-likeness (QED) is 0.726. The van der Waals surface area contributed by atoms with E-state index in [0.29, 0.717) is 12.4 Å². The summed E-state index contributed by atoms with van der Waals surface area (Å²) in [5, 5.41) is 13.3. The maximum Gasteiger partial charge on any atom is 0.119 e. The summed E-state index contributed by atoms with van der Waals surface area (Å²) in [7, 11) is 0. The van der Waals surface area contributed by atoms with E-state index in [1.807, 2.05) is 30.3 Å². The van der Waals surface area contributed by atoms with Gasteiger partial charge >= 0.3 is 0 Å². The Morgan fingerprint density at radius 1 is 0.962 bits per heavy atom. The van der Waals surface area contributed by atoms with Crippen LogP contribution < -0.4 is 10.1 Å². The third-order valence-corrected chi connectivity index (χ3v) is 4.87. The van der Waals surface area contributed by atoms with E-state index < -0.39 is 0 Å². The van der Waals surface area contributed by atoms with Crippen molar-refractivity contribution in [3.63, 3.8) is 0 Å². The Kier molecular flexibility index (Phi) is 4.89. The van der Waals surface area contributed by atoms with Gasteiger partial charge in [0.25, 0.3) is 0 Å². The van der Waals surface area contributed by atoms with Gasteiger partial charge in [-0.05, 0) is 52.9 Å². The lowest BCUT2D eigenvalue weighted by molar-refractivity contribution is 0.321.